The van der Waals surface area contributed by atoms with E-state index in [1.54, 1.807) is 6.07 Å². The minimum Gasteiger partial charge on any atom is -0.488 e. The second-order valence-electron chi connectivity index (χ2n) is 5.46. The summed E-state index contributed by atoms with van der Waals surface area (Å²) in [5.41, 5.74) is -0.701. The van der Waals surface area contributed by atoms with Crippen LogP contribution in [0.3, 0.4) is 0 Å². The highest BCUT2D eigenvalue weighted by atomic mass is 19.4. The summed E-state index contributed by atoms with van der Waals surface area (Å²) >= 11 is 0. The fourth-order valence-corrected chi connectivity index (χ4v) is 2.76. The topological polar surface area (TPSA) is 21.3 Å². The summed E-state index contributed by atoms with van der Waals surface area (Å²) in [4.78, 5) is 0. The van der Waals surface area contributed by atoms with E-state index in [9.17, 15) is 13.2 Å². The summed E-state index contributed by atoms with van der Waals surface area (Å²) in [5.74, 6) is 0.405. The van der Waals surface area contributed by atoms with Gasteiger partial charge in [0.25, 0.3) is 0 Å². The summed E-state index contributed by atoms with van der Waals surface area (Å²) in [5, 5.41) is 3.15. The van der Waals surface area contributed by atoms with Crippen molar-refractivity contribution in [1.82, 2.24) is 5.32 Å². The largest absolute Gasteiger partial charge is 0.488 e. The molecule has 3 atom stereocenters. The van der Waals surface area contributed by atoms with E-state index in [2.05, 4.69) is 12.2 Å². The quantitative estimate of drug-likeness (QED) is 0.911. The lowest BCUT2D eigenvalue weighted by Crippen LogP contribution is -2.45. The average Bonchev–Trinajstić information content (AvgIpc) is 2.38. The van der Waals surface area contributed by atoms with E-state index in [-0.39, 0.29) is 17.9 Å². The summed E-state index contributed by atoms with van der Waals surface area (Å²) in [7, 11) is 1.83. The third-order valence-corrected chi connectivity index (χ3v) is 3.90. The van der Waals surface area contributed by atoms with Crippen LogP contribution in [0.5, 0.6) is 5.75 Å². The molecule has 0 aromatic heterocycles. The molecule has 1 aliphatic carbocycles. The first kappa shape index (κ1) is 15.2. The Hall–Kier alpha value is -1.23. The summed E-state index contributed by atoms with van der Waals surface area (Å²) in [6.45, 7) is 2.11. The van der Waals surface area contributed by atoms with Crippen LogP contribution in [0.1, 0.15) is 31.7 Å². The number of nitrogens with one attached hydrogen (secondary N) is 1. The monoisotopic (exact) mass is 287 g/mol. The van der Waals surface area contributed by atoms with E-state index in [1.807, 2.05) is 7.05 Å². The fourth-order valence-electron chi connectivity index (χ4n) is 2.76. The predicted molar refractivity (Wildman–Crippen MR) is 71.7 cm³/mol. The zero-order valence-electron chi connectivity index (χ0n) is 11.7. The second-order valence-corrected chi connectivity index (χ2v) is 5.46. The number of benzene rings is 1. The highest BCUT2D eigenvalue weighted by Crippen LogP contribution is 2.37. The van der Waals surface area contributed by atoms with Crippen LogP contribution in [0, 0.1) is 5.92 Å². The van der Waals surface area contributed by atoms with Crippen LogP contribution >= 0.6 is 0 Å². The smallest absolute Gasteiger partial charge is 0.419 e. The van der Waals surface area contributed by atoms with Crippen molar-refractivity contribution in [3.8, 4) is 5.75 Å². The Morgan fingerprint density at radius 2 is 1.90 bits per heavy atom. The molecule has 0 aliphatic heterocycles. The van der Waals surface area contributed by atoms with Crippen LogP contribution in [-0.4, -0.2) is 19.2 Å². The average molecular weight is 287 g/mol. The van der Waals surface area contributed by atoms with Crippen molar-refractivity contribution in [1.29, 1.82) is 0 Å². The summed E-state index contributed by atoms with van der Waals surface area (Å²) in [6, 6.07) is 5.53. The highest BCUT2D eigenvalue weighted by molar-refractivity contribution is 5.35. The van der Waals surface area contributed by atoms with E-state index >= 15 is 0 Å². The Labute approximate surface area is 117 Å². The van der Waals surface area contributed by atoms with Gasteiger partial charge in [-0.3, -0.25) is 0 Å². The Balaban J connectivity index is 2.20. The number of halogens is 3. The van der Waals surface area contributed by atoms with Crippen molar-refractivity contribution in [3.05, 3.63) is 29.8 Å². The number of rotatable bonds is 3. The molecule has 1 N–H and O–H groups in total. The third kappa shape index (κ3) is 3.45. The van der Waals surface area contributed by atoms with Crippen LogP contribution in [-0.2, 0) is 6.18 Å². The number of para-hydroxylation sites is 1. The molecule has 2 rings (SSSR count). The van der Waals surface area contributed by atoms with Crippen molar-refractivity contribution in [2.75, 3.05) is 7.05 Å². The molecule has 20 heavy (non-hydrogen) atoms. The van der Waals surface area contributed by atoms with Gasteiger partial charge in [0.05, 0.1) is 5.56 Å². The number of ether oxygens (including phenoxy) is 1. The third-order valence-electron chi connectivity index (χ3n) is 3.90. The lowest BCUT2D eigenvalue weighted by Gasteiger charge is -2.35. The van der Waals surface area contributed by atoms with Crippen LogP contribution in [0.2, 0.25) is 0 Å². The molecule has 1 fully saturated rings. The van der Waals surface area contributed by atoms with Gasteiger partial charge in [-0.15, -0.1) is 0 Å². The van der Waals surface area contributed by atoms with Gasteiger partial charge in [-0.2, -0.15) is 13.2 Å². The Morgan fingerprint density at radius 1 is 1.20 bits per heavy atom. The van der Waals surface area contributed by atoms with E-state index in [4.69, 9.17) is 4.74 Å². The second kappa shape index (κ2) is 6.04. The van der Waals surface area contributed by atoms with Crippen molar-refractivity contribution < 1.29 is 17.9 Å². The van der Waals surface area contributed by atoms with Crippen LogP contribution < -0.4 is 10.1 Å². The molecule has 0 bridgehead atoms. The molecule has 0 radical (unpaired) electrons. The van der Waals surface area contributed by atoms with Gasteiger partial charge in [-0.25, -0.2) is 0 Å². The molecule has 0 heterocycles. The van der Waals surface area contributed by atoms with Gasteiger partial charge in [-0.05, 0) is 44.4 Å². The SMILES string of the molecule is CNC1CCC(C)CC1Oc1ccccc1C(F)(F)F. The first-order chi connectivity index (χ1) is 9.41. The molecule has 2 nitrogen and oxygen atoms in total. The van der Waals surface area contributed by atoms with Gasteiger partial charge in [0.2, 0.25) is 0 Å². The van der Waals surface area contributed by atoms with Gasteiger partial charge in [0.15, 0.2) is 0 Å². The van der Waals surface area contributed by atoms with Gasteiger partial charge in [0, 0.05) is 6.04 Å². The highest BCUT2D eigenvalue weighted by Gasteiger charge is 2.36. The molecular weight excluding hydrogens is 267 g/mol. The molecule has 1 aliphatic rings. The van der Waals surface area contributed by atoms with Gasteiger partial charge in [-0.1, -0.05) is 19.1 Å². The number of alkyl halides is 3. The predicted octanol–water partition coefficient (Wildman–Crippen LogP) is 3.86. The molecule has 0 amide bonds. The molecule has 1 aromatic rings. The lowest BCUT2D eigenvalue weighted by molar-refractivity contribution is -0.139. The minimum absolute atomic E-state index is 0.0700. The Kier molecular flexibility index (Phi) is 4.58. The molecule has 0 saturated heterocycles. The maximum atomic E-state index is 13.0. The summed E-state index contributed by atoms with van der Waals surface area (Å²) < 4.78 is 44.6. The van der Waals surface area contributed by atoms with E-state index in [0.717, 1.165) is 25.3 Å². The van der Waals surface area contributed by atoms with Crippen LogP contribution in [0.15, 0.2) is 24.3 Å². The van der Waals surface area contributed by atoms with Crippen LogP contribution in [0.4, 0.5) is 13.2 Å². The van der Waals surface area contributed by atoms with Crippen LogP contribution in [0.25, 0.3) is 0 Å². The normalized spacial score (nSPS) is 27.4. The Bertz CT molecular complexity index is 447. The fraction of sp³-hybridized carbons (Fsp3) is 0.600. The van der Waals surface area contributed by atoms with Gasteiger partial charge in [0.1, 0.15) is 11.9 Å². The maximum Gasteiger partial charge on any atom is 0.419 e. The number of likely N-dealkylation sites (N-methyl/N-ethyl adjacent to an activating group) is 1. The first-order valence-electron chi connectivity index (χ1n) is 6.92. The molecule has 112 valence electrons. The molecule has 1 saturated carbocycles. The van der Waals surface area contributed by atoms with Gasteiger partial charge < -0.3 is 10.1 Å². The molecule has 5 heteroatoms. The number of hydrogen-bond acceptors (Lipinski definition) is 2. The van der Waals surface area contributed by atoms with Gasteiger partial charge >= 0.3 is 6.18 Å². The lowest BCUT2D eigenvalue weighted by atomic mass is 9.85. The zero-order chi connectivity index (χ0) is 14.8. The van der Waals surface area contributed by atoms with Crippen molar-refractivity contribution in [2.24, 2.45) is 5.92 Å². The molecule has 1 aromatic carbocycles. The maximum absolute atomic E-state index is 13.0. The van der Waals surface area contributed by atoms with Crippen molar-refractivity contribution in [3.63, 3.8) is 0 Å². The minimum atomic E-state index is -4.38. The van der Waals surface area contributed by atoms with E-state index in [1.165, 1.54) is 12.1 Å². The van der Waals surface area contributed by atoms with Crippen molar-refractivity contribution >= 4 is 0 Å². The van der Waals surface area contributed by atoms with E-state index in [0.29, 0.717) is 5.92 Å². The number of hydrogen-bond donors (Lipinski definition) is 1. The first-order valence-corrected chi connectivity index (χ1v) is 6.92. The van der Waals surface area contributed by atoms with Crippen molar-refractivity contribution in [2.45, 2.75) is 44.5 Å². The van der Waals surface area contributed by atoms with E-state index < -0.39 is 11.7 Å². The molecule has 3 unspecified atom stereocenters. The summed E-state index contributed by atoms with van der Waals surface area (Å²) in [6.07, 6.45) is -1.82. The Morgan fingerprint density at radius 3 is 2.55 bits per heavy atom. The standard InChI is InChI=1S/C15H20F3NO/c1-10-7-8-12(19-2)14(9-10)20-13-6-4-3-5-11(13)15(16,17)18/h3-6,10,12,14,19H,7-9H2,1-2H3. The zero-order valence-corrected chi connectivity index (χ0v) is 11.7. The molecular formula is C15H20F3NO. The molecule has 0 spiro atoms.